The SMILES string of the molecule is CCc1cc(-c2cc(Oc3ccc(C=N)c(NC)c3)ccn2)ccc1C(=O)NC. The van der Waals surface area contributed by atoms with Gasteiger partial charge in [-0.05, 0) is 42.3 Å². The Labute approximate surface area is 170 Å². The van der Waals surface area contributed by atoms with Crippen LogP contribution in [0.3, 0.4) is 0 Å². The molecule has 29 heavy (non-hydrogen) atoms. The molecule has 0 saturated heterocycles. The number of anilines is 1. The van der Waals surface area contributed by atoms with Crippen LogP contribution in [0.15, 0.2) is 54.7 Å². The Morgan fingerprint density at radius 1 is 1.10 bits per heavy atom. The maximum atomic E-state index is 12.0. The van der Waals surface area contributed by atoms with Gasteiger partial charge in [-0.2, -0.15) is 0 Å². The molecule has 0 spiro atoms. The van der Waals surface area contributed by atoms with Gasteiger partial charge >= 0.3 is 0 Å². The van der Waals surface area contributed by atoms with E-state index in [2.05, 4.69) is 15.6 Å². The van der Waals surface area contributed by atoms with Crippen LogP contribution in [0.1, 0.15) is 28.4 Å². The van der Waals surface area contributed by atoms with E-state index in [-0.39, 0.29) is 5.91 Å². The summed E-state index contributed by atoms with van der Waals surface area (Å²) in [4.78, 5) is 16.5. The zero-order valence-corrected chi connectivity index (χ0v) is 16.7. The zero-order valence-electron chi connectivity index (χ0n) is 16.7. The first kappa shape index (κ1) is 20.1. The fraction of sp³-hybridized carbons (Fsp3) is 0.174. The van der Waals surface area contributed by atoms with Crippen LogP contribution in [0, 0.1) is 5.41 Å². The average molecular weight is 388 g/mol. The number of carbonyl (C=O) groups is 1. The number of hydrogen-bond donors (Lipinski definition) is 3. The summed E-state index contributed by atoms with van der Waals surface area (Å²) in [5, 5.41) is 13.2. The van der Waals surface area contributed by atoms with Crippen LogP contribution in [-0.2, 0) is 6.42 Å². The largest absolute Gasteiger partial charge is 0.457 e. The van der Waals surface area contributed by atoms with E-state index >= 15 is 0 Å². The molecule has 3 N–H and O–H groups in total. The van der Waals surface area contributed by atoms with Crippen LogP contribution < -0.4 is 15.4 Å². The zero-order chi connectivity index (χ0) is 20.8. The highest BCUT2D eigenvalue weighted by molar-refractivity contribution is 5.96. The minimum atomic E-state index is -0.0906. The first-order valence-electron chi connectivity index (χ1n) is 9.41. The van der Waals surface area contributed by atoms with Crippen molar-refractivity contribution in [2.45, 2.75) is 13.3 Å². The standard InChI is InChI=1S/C23H24N4O2/c1-4-15-11-16(6-8-20(15)23(28)26-3)22-13-19(9-10-27-22)29-18-7-5-17(14-24)21(12-18)25-2/h5-14,24-25H,4H2,1-3H3,(H,26,28). The Balaban J connectivity index is 1.90. The van der Waals surface area contributed by atoms with Crippen LogP contribution in [-0.4, -0.2) is 31.2 Å². The molecular formula is C23H24N4O2. The van der Waals surface area contributed by atoms with Gasteiger partial charge in [0, 0.05) is 61.0 Å². The number of ether oxygens (including phenoxy) is 1. The normalized spacial score (nSPS) is 10.3. The van der Waals surface area contributed by atoms with E-state index in [0.717, 1.165) is 34.5 Å². The summed E-state index contributed by atoms with van der Waals surface area (Å²) < 4.78 is 6.00. The van der Waals surface area contributed by atoms with Crippen molar-refractivity contribution in [3.05, 3.63) is 71.4 Å². The predicted octanol–water partition coefficient (Wildman–Crippen LogP) is 4.50. The number of aromatic nitrogens is 1. The van der Waals surface area contributed by atoms with Crippen molar-refractivity contribution in [3.8, 4) is 22.8 Å². The van der Waals surface area contributed by atoms with Crippen molar-refractivity contribution >= 4 is 17.8 Å². The van der Waals surface area contributed by atoms with Gasteiger partial charge in [-0.3, -0.25) is 9.78 Å². The molecule has 0 aliphatic heterocycles. The fourth-order valence-corrected chi connectivity index (χ4v) is 3.11. The highest BCUT2D eigenvalue weighted by Crippen LogP contribution is 2.29. The molecular weight excluding hydrogens is 364 g/mol. The lowest BCUT2D eigenvalue weighted by atomic mass is 9.99. The van der Waals surface area contributed by atoms with Crippen LogP contribution in [0.25, 0.3) is 11.3 Å². The van der Waals surface area contributed by atoms with Gasteiger partial charge in [-0.1, -0.05) is 13.0 Å². The quantitative estimate of drug-likeness (QED) is 0.520. The third-order valence-corrected chi connectivity index (χ3v) is 4.67. The van der Waals surface area contributed by atoms with Crippen molar-refractivity contribution < 1.29 is 9.53 Å². The maximum Gasteiger partial charge on any atom is 0.251 e. The summed E-state index contributed by atoms with van der Waals surface area (Å²) in [5.41, 5.74) is 4.95. The average Bonchev–Trinajstić information content (AvgIpc) is 2.78. The topological polar surface area (TPSA) is 87.1 Å². The van der Waals surface area contributed by atoms with Gasteiger partial charge in [0.25, 0.3) is 5.91 Å². The molecule has 0 atom stereocenters. The minimum absolute atomic E-state index is 0.0906. The summed E-state index contributed by atoms with van der Waals surface area (Å²) >= 11 is 0. The number of benzene rings is 2. The van der Waals surface area contributed by atoms with Gasteiger partial charge in [-0.15, -0.1) is 0 Å². The summed E-state index contributed by atoms with van der Waals surface area (Å²) in [5.74, 6) is 1.24. The predicted molar refractivity (Wildman–Crippen MR) is 116 cm³/mol. The molecule has 0 bridgehead atoms. The van der Waals surface area contributed by atoms with Gasteiger partial charge in [0.15, 0.2) is 0 Å². The number of rotatable bonds is 7. The molecule has 0 aliphatic carbocycles. The molecule has 3 rings (SSSR count). The van der Waals surface area contributed by atoms with Gasteiger partial charge in [0.2, 0.25) is 0 Å². The third-order valence-electron chi connectivity index (χ3n) is 4.67. The Morgan fingerprint density at radius 2 is 1.90 bits per heavy atom. The second-order valence-corrected chi connectivity index (χ2v) is 6.43. The number of nitrogens with one attached hydrogen (secondary N) is 3. The lowest BCUT2D eigenvalue weighted by molar-refractivity contribution is 0.0962. The maximum absolute atomic E-state index is 12.0. The molecule has 0 saturated carbocycles. The number of amides is 1. The van der Waals surface area contributed by atoms with E-state index in [1.165, 1.54) is 6.21 Å². The molecule has 2 aromatic carbocycles. The lowest BCUT2D eigenvalue weighted by Crippen LogP contribution is -2.19. The second kappa shape index (κ2) is 9.01. The van der Waals surface area contributed by atoms with Crippen molar-refractivity contribution in [2.75, 3.05) is 19.4 Å². The molecule has 0 unspecified atom stereocenters. The lowest BCUT2D eigenvalue weighted by Gasteiger charge is -2.12. The number of carbonyl (C=O) groups excluding carboxylic acids is 1. The van der Waals surface area contributed by atoms with Crippen LogP contribution >= 0.6 is 0 Å². The third kappa shape index (κ3) is 4.43. The number of hydrogen-bond acceptors (Lipinski definition) is 5. The molecule has 1 amide bonds. The Hall–Kier alpha value is -3.67. The van der Waals surface area contributed by atoms with E-state index in [1.54, 1.807) is 19.3 Å². The number of nitrogens with zero attached hydrogens (tertiary/aromatic N) is 1. The molecule has 6 heteroatoms. The summed E-state index contributed by atoms with van der Waals surface area (Å²) in [7, 11) is 3.44. The Morgan fingerprint density at radius 3 is 2.59 bits per heavy atom. The minimum Gasteiger partial charge on any atom is -0.457 e. The second-order valence-electron chi connectivity index (χ2n) is 6.43. The summed E-state index contributed by atoms with van der Waals surface area (Å²) in [6.45, 7) is 2.02. The molecule has 148 valence electrons. The molecule has 1 heterocycles. The molecule has 3 aromatic rings. The first-order valence-corrected chi connectivity index (χ1v) is 9.41. The Kier molecular flexibility index (Phi) is 6.24. The molecule has 0 aliphatic rings. The van der Waals surface area contributed by atoms with E-state index in [1.807, 2.05) is 56.4 Å². The molecule has 6 nitrogen and oxygen atoms in total. The van der Waals surface area contributed by atoms with E-state index in [9.17, 15) is 4.79 Å². The summed E-state index contributed by atoms with van der Waals surface area (Å²) in [6.07, 6.45) is 3.75. The number of pyridine rings is 1. The van der Waals surface area contributed by atoms with E-state index in [0.29, 0.717) is 17.1 Å². The van der Waals surface area contributed by atoms with Crippen molar-refractivity contribution in [1.82, 2.24) is 10.3 Å². The first-order chi connectivity index (χ1) is 14.1. The van der Waals surface area contributed by atoms with Crippen LogP contribution in [0.5, 0.6) is 11.5 Å². The smallest absolute Gasteiger partial charge is 0.251 e. The molecule has 0 radical (unpaired) electrons. The van der Waals surface area contributed by atoms with E-state index in [4.69, 9.17) is 10.1 Å². The number of aryl methyl sites for hydroxylation is 1. The van der Waals surface area contributed by atoms with Gasteiger partial charge < -0.3 is 20.8 Å². The monoisotopic (exact) mass is 388 g/mol. The highest BCUT2D eigenvalue weighted by Gasteiger charge is 2.11. The molecule has 0 fully saturated rings. The van der Waals surface area contributed by atoms with Crippen LogP contribution in [0.4, 0.5) is 5.69 Å². The van der Waals surface area contributed by atoms with Crippen molar-refractivity contribution in [1.29, 1.82) is 5.41 Å². The Bertz CT molecular complexity index is 1050. The summed E-state index contributed by atoms with van der Waals surface area (Å²) in [6, 6.07) is 14.9. The van der Waals surface area contributed by atoms with Gasteiger partial charge in [0.1, 0.15) is 11.5 Å². The van der Waals surface area contributed by atoms with Gasteiger partial charge in [0.05, 0.1) is 5.69 Å². The van der Waals surface area contributed by atoms with Gasteiger partial charge in [-0.25, -0.2) is 0 Å². The van der Waals surface area contributed by atoms with Crippen molar-refractivity contribution in [2.24, 2.45) is 0 Å². The van der Waals surface area contributed by atoms with E-state index < -0.39 is 0 Å². The highest BCUT2D eigenvalue weighted by atomic mass is 16.5. The fourth-order valence-electron chi connectivity index (χ4n) is 3.11. The molecule has 1 aromatic heterocycles. The van der Waals surface area contributed by atoms with Crippen molar-refractivity contribution in [3.63, 3.8) is 0 Å². The van der Waals surface area contributed by atoms with Crippen LogP contribution in [0.2, 0.25) is 0 Å².